The van der Waals surface area contributed by atoms with Crippen LogP contribution in [0, 0.1) is 17.3 Å². The van der Waals surface area contributed by atoms with Crippen molar-refractivity contribution < 1.29 is 9.90 Å². The summed E-state index contributed by atoms with van der Waals surface area (Å²) in [5.74, 6) is 0.543. The molecule has 0 spiro atoms. The van der Waals surface area contributed by atoms with Crippen LogP contribution in [0.1, 0.15) is 40.0 Å². The number of rotatable bonds is 2. The van der Waals surface area contributed by atoms with Crippen LogP contribution in [0.15, 0.2) is 0 Å². The Morgan fingerprint density at radius 1 is 1.42 bits per heavy atom. The van der Waals surface area contributed by atoms with Crippen molar-refractivity contribution in [2.75, 3.05) is 0 Å². The third-order valence-electron chi connectivity index (χ3n) is 2.92. The van der Waals surface area contributed by atoms with Gasteiger partial charge in [-0.2, -0.15) is 0 Å². The van der Waals surface area contributed by atoms with Gasteiger partial charge in [-0.25, -0.2) is 0 Å². The molecule has 1 saturated carbocycles. The number of hydrogen-bond donors (Lipinski definition) is 1. The van der Waals surface area contributed by atoms with E-state index in [4.69, 9.17) is 5.11 Å². The Morgan fingerprint density at radius 3 is 2.25 bits per heavy atom. The Labute approximate surface area is 74.0 Å². The molecule has 2 nitrogen and oxygen atoms in total. The van der Waals surface area contributed by atoms with Crippen molar-refractivity contribution in [3.8, 4) is 0 Å². The van der Waals surface area contributed by atoms with Gasteiger partial charge in [-0.1, -0.05) is 20.8 Å². The number of carbonyl (C=O) groups is 1. The quantitative estimate of drug-likeness (QED) is 0.691. The molecule has 70 valence electrons. The minimum atomic E-state index is -0.646. The first kappa shape index (κ1) is 9.56. The fourth-order valence-electron chi connectivity index (χ4n) is 1.86. The molecule has 0 saturated heterocycles. The van der Waals surface area contributed by atoms with Crippen molar-refractivity contribution in [1.82, 2.24) is 0 Å². The zero-order valence-corrected chi connectivity index (χ0v) is 8.13. The van der Waals surface area contributed by atoms with Gasteiger partial charge in [0, 0.05) is 6.42 Å². The van der Waals surface area contributed by atoms with Crippen LogP contribution in [0.5, 0.6) is 0 Å². The molecule has 1 aliphatic rings. The van der Waals surface area contributed by atoms with E-state index in [1.807, 2.05) is 0 Å². The molecule has 0 aromatic rings. The molecule has 0 atom stereocenters. The molecule has 0 aromatic carbocycles. The van der Waals surface area contributed by atoms with Gasteiger partial charge in [-0.05, 0) is 30.1 Å². The van der Waals surface area contributed by atoms with Crippen LogP contribution in [-0.4, -0.2) is 11.1 Å². The molecule has 0 amide bonds. The predicted octanol–water partition coefficient (Wildman–Crippen LogP) is 2.53. The molecule has 1 rings (SSSR count). The number of carboxylic acid groups (broad SMARTS) is 1. The van der Waals surface area contributed by atoms with Crippen molar-refractivity contribution in [2.45, 2.75) is 40.0 Å². The Morgan fingerprint density at radius 2 is 1.92 bits per heavy atom. The summed E-state index contributed by atoms with van der Waals surface area (Å²) >= 11 is 0. The SMILES string of the molecule is CC(C)(C)C1CC(CC(=O)O)C1. The molecular formula is C10H18O2. The van der Waals surface area contributed by atoms with Gasteiger partial charge < -0.3 is 5.11 Å². The molecule has 1 N–H and O–H groups in total. The second kappa shape index (κ2) is 3.08. The van der Waals surface area contributed by atoms with Gasteiger partial charge >= 0.3 is 5.97 Å². The van der Waals surface area contributed by atoms with Gasteiger partial charge in [0.25, 0.3) is 0 Å². The van der Waals surface area contributed by atoms with E-state index in [1.54, 1.807) is 0 Å². The molecule has 0 aromatic heterocycles. The average molecular weight is 170 g/mol. The van der Waals surface area contributed by atoms with Crippen LogP contribution in [0.3, 0.4) is 0 Å². The Kier molecular flexibility index (Phi) is 2.45. The maximum atomic E-state index is 10.4. The first-order valence-corrected chi connectivity index (χ1v) is 4.61. The summed E-state index contributed by atoms with van der Waals surface area (Å²) in [6.07, 6.45) is 2.58. The van der Waals surface area contributed by atoms with Crippen molar-refractivity contribution >= 4 is 5.97 Å². The summed E-state index contributed by atoms with van der Waals surface area (Å²) in [5, 5.41) is 8.54. The molecule has 0 bridgehead atoms. The van der Waals surface area contributed by atoms with E-state index in [-0.39, 0.29) is 0 Å². The maximum Gasteiger partial charge on any atom is 0.303 e. The molecule has 0 radical (unpaired) electrons. The van der Waals surface area contributed by atoms with Crippen LogP contribution in [-0.2, 0) is 4.79 Å². The highest BCUT2D eigenvalue weighted by Crippen LogP contribution is 2.46. The zero-order valence-electron chi connectivity index (χ0n) is 8.13. The van der Waals surface area contributed by atoms with E-state index in [9.17, 15) is 4.79 Å². The Hall–Kier alpha value is -0.530. The molecule has 2 heteroatoms. The molecule has 0 unspecified atom stereocenters. The highest BCUT2D eigenvalue weighted by atomic mass is 16.4. The van der Waals surface area contributed by atoms with Crippen molar-refractivity contribution in [3.05, 3.63) is 0 Å². The van der Waals surface area contributed by atoms with Crippen molar-refractivity contribution in [2.24, 2.45) is 17.3 Å². The average Bonchev–Trinajstić information content (AvgIpc) is 1.73. The summed E-state index contributed by atoms with van der Waals surface area (Å²) < 4.78 is 0. The van der Waals surface area contributed by atoms with E-state index in [2.05, 4.69) is 20.8 Å². The Bertz CT molecular complexity index is 173. The molecule has 12 heavy (non-hydrogen) atoms. The van der Waals surface area contributed by atoms with Gasteiger partial charge in [0.15, 0.2) is 0 Å². The summed E-state index contributed by atoms with van der Waals surface area (Å²) in [7, 11) is 0. The molecule has 0 aliphatic heterocycles. The predicted molar refractivity (Wildman–Crippen MR) is 47.9 cm³/mol. The monoisotopic (exact) mass is 170 g/mol. The third kappa shape index (κ3) is 2.23. The van der Waals surface area contributed by atoms with Gasteiger partial charge in [0.1, 0.15) is 0 Å². The lowest BCUT2D eigenvalue weighted by atomic mass is 9.62. The van der Waals surface area contributed by atoms with Crippen molar-refractivity contribution in [1.29, 1.82) is 0 Å². The van der Waals surface area contributed by atoms with Gasteiger partial charge in [-0.15, -0.1) is 0 Å². The summed E-state index contributed by atoms with van der Waals surface area (Å²) in [5.41, 5.74) is 0.370. The second-order valence-corrected chi connectivity index (χ2v) is 5.00. The van der Waals surface area contributed by atoms with Gasteiger partial charge in [0.2, 0.25) is 0 Å². The molecule has 1 aliphatic carbocycles. The smallest absolute Gasteiger partial charge is 0.303 e. The van der Waals surface area contributed by atoms with Crippen LogP contribution >= 0.6 is 0 Å². The van der Waals surface area contributed by atoms with Crippen LogP contribution in [0.2, 0.25) is 0 Å². The highest BCUT2D eigenvalue weighted by Gasteiger charge is 2.37. The standard InChI is InChI=1S/C10H18O2/c1-10(2,3)8-4-7(5-8)6-9(11)12/h7-8H,4-6H2,1-3H3,(H,11,12). The lowest BCUT2D eigenvalue weighted by molar-refractivity contribution is -0.139. The topological polar surface area (TPSA) is 37.3 Å². The molecule has 1 fully saturated rings. The Balaban J connectivity index is 2.25. The number of carboxylic acids is 1. The van der Waals surface area contributed by atoms with Crippen molar-refractivity contribution in [3.63, 3.8) is 0 Å². The van der Waals surface area contributed by atoms with Crippen LogP contribution in [0.4, 0.5) is 0 Å². The maximum absolute atomic E-state index is 10.4. The van der Waals surface area contributed by atoms with E-state index in [0.29, 0.717) is 17.8 Å². The summed E-state index contributed by atoms with van der Waals surface area (Å²) in [6.45, 7) is 6.69. The third-order valence-corrected chi connectivity index (χ3v) is 2.92. The van der Waals surface area contributed by atoms with Gasteiger partial charge in [-0.3, -0.25) is 4.79 Å². The molecular weight excluding hydrogens is 152 g/mol. The normalized spacial score (nSPS) is 29.6. The first-order valence-electron chi connectivity index (χ1n) is 4.61. The lowest BCUT2D eigenvalue weighted by Crippen LogP contribution is -2.34. The highest BCUT2D eigenvalue weighted by molar-refractivity contribution is 5.67. The minimum absolute atomic E-state index is 0.368. The number of hydrogen-bond acceptors (Lipinski definition) is 1. The van der Waals surface area contributed by atoms with E-state index in [0.717, 1.165) is 18.8 Å². The second-order valence-electron chi connectivity index (χ2n) is 5.00. The number of aliphatic carboxylic acids is 1. The fraction of sp³-hybridized carbons (Fsp3) is 0.900. The molecule has 0 heterocycles. The van der Waals surface area contributed by atoms with Crippen LogP contribution < -0.4 is 0 Å². The van der Waals surface area contributed by atoms with Gasteiger partial charge in [0.05, 0.1) is 0 Å². The summed E-state index contributed by atoms with van der Waals surface area (Å²) in [4.78, 5) is 10.4. The van der Waals surface area contributed by atoms with E-state index in [1.165, 1.54) is 0 Å². The van der Waals surface area contributed by atoms with E-state index >= 15 is 0 Å². The lowest BCUT2D eigenvalue weighted by Gasteiger charge is -2.43. The summed E-state index contributed by atoms with van der Waals surface area (Å²) in [6, 6.07) is 0. The minimum Gasteiger partial charge on any atom is -0.481 e. The fourth-order valence-corrected chi connectivity index (χ4v) is 1.86. The van der Waals surface area contributed by atoms with Crippen LogP contribution in [0.25, 0.3) is 0 Å². The first-order chi connectivity index (χ1) is 5.39. The van der Waals surface area contributed by atoms with E-state index < -0.39 is 5.97 Å². The zero-order chi connectivity index (χ0) is 9.35. The largest absolute Gasteiger partial charge is 0.481 e.